The van der Waals surface area contributed by atoms with Gasteiger partial charge in [0.05, 0.1) is 19.3 Å². The van der Waals surface area contributed by atoms with Crippen LogP contribution in [0.25, 0.3) is 0 Å². The zero-order chi connectivity index (χ0) is 20.6. The molecule has 156 valence electrons. The van der Waals surface area contributed by atoms with Gasteiger partial charge in [-0.15, -0.1) is 0 Å². The summed E-state index contributed by atoms with van der Waals surface area (Å²) in [7, 11) is -1.78. The largest absolute Gasteiger partial charge is 0.497 e. The van der Waals surface area contributed by atoms with Gasteiger partial charge in [0.2, 0.25) is 11.8 Å². The molecule has 0 N–H and O–H groups in total. The molecular weight excluding hydrogens is 380 g/mol. The molecular formula is C20H30N2O5S. The Bertz CT molecular complexity index is 771. The minimum Gasteiger partial charge on any atom is -0.497 e. The number of unbranched alkanes of at least 4 members (excludes halogenated alkanes) is 2. The van der Waals surface area contributed by atoms with Crippen LogP contribution in [0, 0.1) is 0 Å². The van der Waals surface area contributed by atoms with Gasteiger partial charge in [-0.05, 0) is 24.1 Å². The van der Waals surface area contributed by atoms with Crippen LogP contribution in [0.5, 0.6) is 5.75 Å². The number of carbonyl (C=O) groups is 2. The van der Waals surface area contributed by atoms with Crippen molar-refractivity contribution in [2.45, 2.75) is 32.6 Å². The summed E-state index contributed by atoms with van der Waals surface area (Å²) in [6.45, 7) is 3.59. The molecule has 0 aliphatic carbocycles. The van der Waals surface area contributed by atoms with Crippen molar-refractivity contribution in [1.82, 2.24) is 9.80 Å². The Labute approximate surface area is 167 Å². The molecule has 0 aromatic heterocycles. The van der Waals surface area contributed by atoms with E-state index in [1.54, 1.807) is 16.9 Å². The zero-order valence-corrected chi connectivity index (χ0v) is 17.5. The van der Waals surface area contributed by atoms with Crippen LogP contribution in [0.1, 0.15) is 31.7 Å². The molecule has 7 nitrogen and oxygen atoms in total. The van der Waals surface area contributed by atoms with Gasteiger partial charge in [-0.25, -0.2) is 8.42 Å². The normalized spacial score (nSPS) is 14.8. The number of carbonyl (C=O) groups excluding carboxylic acids is 2. The molecule has 1 aliphatic rings. The molecule has 28 heavy (non-hydrogen) atoms. The summed E-state index contributed by atoms with van der Waals surface area (Å²) >= 11 is 0. The second-order valence-electron chi connectivity index (χ2n) is 7.09. The summed E-state index contributed by atoms with van der Waals surface area (Å²) in [5, 5.41) is 0. The van der Waals surface area contributed by atoms with Crippen LogP contribution in [0.4, 0.5) is 0 Å². The van der Waals surface area contributed by atoms with E-state index in [2.05, 4.69) is 0 Å². The Hall–Kier alpha value is -2.09. The lowest BCUT2D eigenvalue weighted by Crippen LogP contribution is -2.52. The molecule has 0 radical (unpaired) electrons. The Morgan fingerprint density at radius 1 is 1.04 bits per heavy atom. The molecule has 0 unspecified atom stereocenters. The van der Waals surface area contributed by atoms with E-state index < -0.39 is 15.6 Å². The van der Waals surface area contributed by atoms with Crippen LogP contribution in [-0.2, 0) is 25.8 Å². The molecule has 1 aromatic carbocycles. The summed E-state index contributed by atoms with van der Waals surface area (Å²) in [6.07, 6.45) is 2.66. The zero-order valence-electron chi connectivity index (χ0n) is 16.7. The third-order valence-corrected chi connectivity index (χ3v) is 6.47. The number of methoxy groups -OCH3 is 1. The SMILES string of the molecule is CCCCCS(=O)(=O)CC(=O)N1CCN(C(=O)Cc2cccc(OC)c2)CC1. The van der Waals surface area contributed by atoms with E-state index in [1.165, 1.54) is 0 Å². The summed E-state index contributed by atoms with van der Waals surface area (Å²) < 4.78 is 29.3. The Balaban J connectivity index is 1.81. The van der Waals surface area contributed by atoms with E-state index in [0.29, 0.717) is 38.3 Å². The minimum absolute atomic E-state index is 0.00691. The second kappa shape index (κ2) is 10.5. The highest BCUT2D eigenvalue weighted by molar-refractivity contribution is 7.92. The monoisotopic (exact) mass is 410 g/mol. The van der Waals surface area contributed by atoms with Crippen molar-refractivity contribution in [1.29, 1.82) is 0 Å². The van der Waals surface area contributed by atoms with E-state index in [-0.39, 0.29) is 24.0 Å². The van der Waals surface area contributed by atoms with Crippen molar-refractivity contribution in [3.05, 3.63) is 29.8 Å². The Morgan fingerprint density at radius 2 is 1.68 bits per heavy atom. The van der Waals surface area contributed by atoms with Gasteiger partial charge < -0.3 is 14.5 Å². The number of piperazine rings is 1. The number of hydrogen-bond acceptors (Lipinski definition) is 5. The van der Waals surface area contributed by atoms with Crippen molar-refractivity contribution in [3.63, 3.8) is 0 Å². The molecule has 1 fully saturated rings. The standard InChI is InChI=1S/C20H30N2O5S/c1-3-4-5-13-28(25,26)16-20(24)22-11-9-21(10-12-22)19(23)15-17-7-6-8-18(14-17)27-2/h6-8,14H,3-5,9-13,15-16H2,1-2H3. The predicted molar refractivity (Wildman–Crippen MR) is 108 cm³/mol. The first kappa shape index (κ1) is 22.2. The van der Waals surface area contributed by atoms with Crippen LogP contribution >= 0.6 is 0 Å². The van der Waals surface area contributed by atoms with Crippen molar-refractivity contribution < 1.29 is 22.7 Å². The fraction of sp³-hybridized carbons (Fsp3) is 0.600. The number of sulfone groups is 1. The molecule has 8 heteroatoms. The van der Waals surface area contributed by atoms with Gasteiger partial charge in [0.25, 0.3) is 0 Å². The van der Waals surface area contributed by atoms with Crippen LogP contribution in [0.15, 0.2) is 24.3 Å². The first-order chi connectivity index (χ1) is 13.3. The molecule has 1 aromatic rings. The van der Waals surface area contributed by atoms with E-state index in [9.17, 15) is 18.0 Å². The number of hydrogen-bond donors (Lipinski definition) is 0. The van der Waals surface area contributed by atoms with Crippen molar-refractivity contribution in [2.24, 2.45) is 0 Å². The van der Waals surface area contributed by atoms with Crippen LogP contribution in [0.2, 0.25) is 0 Å². The number of ether oxygens (including phenoxy) is 1. The summed E-state index contributed by atoms with van der Waals surface area (Å²) in [4.78, 5) is 28.1. The maximum atomic E-state index is 12.5. The summed E-state index contributed by atoms with van der Waals surface area (Å²) in [5.41, 5.74) is 0.876. The van der Waals surface area contributed by atoms with E-state index in [1.807, 2.05) is 31.2 Å². The minimum atomic E-state index is -3.36. The maximum absolute atomic E-state index is 12.5. The second-order valence-corrected chi connectivity index (χ2v) is 9.27. The maximum Gasteiger partial charge on any atom is 0.237 e. The molecule has 1 heterocycles. The Kier molecular flexibility index (Phi) is 8.29. The third kappa shape index (κ3) is 6.82. The number of amides is 2. The highest BCUT2D eigenvalue weighted by Crippen LogP contribution is 2.14. The molecule has 0 atom stereocenters. The van der Waals surface area contributed by atoms with Gasteiger partial charge in [-0.3, -0.25) is 9.59 Å². The van der Waals surface area contributed by atoms with Gasteiger partial charge in [-0.2, -0.15) is 0 Å². The molecule has 0 bridgehead atoms. The van der Waals surface area contributed by atoms with E-state index >= 15 is 0 Å². The summed E-state index contributed by atoms with van der Waals surface area (Å²) in [6, 6.07) is 7.39. The van der Waals surface area contributed by atoms with Crippen molar-refractivity contribution >= 4 is 21.7 Å². The molecule has 2 amide bonds. The van der Waals surface area contributed by atoms with Gasteiger partial charge in [0.15, 0.2) is 9.84 Å². The van der Waals surface area contributed by atoms with E-state index in [4.69, 9.17) is 4.74 Å². The fourth-order valence-electron chi connectivity index (χ4n) is 3.20. The number of rotatable bonds is 9. The van der Waals surface area contributed by atoms with Crippen LogP contribution < -0.4 is 4.74 Å². The average molecular weight is 411 g/mol. The van der Waals surface area contributed by atoms with Crippen LogP contribution in [-0.4, -0.2) is 74.8 Å². The molecule has 0 saturated carbocycles. The third-order valence-electron chi connectivity index (χ3n) is 4.88. The lowest BCUT2D eigenvalue weighted by molar-refractivity contribution is -0.137. The summed E-state index contributed by atoms with van der Waals surface area (Å²) in [5.74, 6) is -0.0372. The number of benzene rings is 1. The average Bonchev–Trinajstić information content (AvgIpc) is 2.68. The van der Waals surface area contributed by atoms with Crippen molar-refractivity contribution in [2.75, 3.05) is 44.8 Å². The highest BCUT2D eigenvalue weighted by Gasteiger charge is 2.27. The first-order valence-corrected chi connectivity index (χ1v) is 11.6. The van der Waals surface area contributed by atoms with E-state index in [0.717, 1.165) is 18.4 Å². The van der Waals surface area contributed by atoms with Gasteiger partial charge in [-0.1, -0.05) is 31.9 Å². The topological polar surface area (TPSA) is 84.0 Å². The molecule has 1 aliphatic heterocycles. The van der Waals surface area contributed by atoms with Gasteiger partial charge >= 0.3 is 0 Å². The van der Waals surface area contributed by atoms with Gasteiger partial charge in [0, 0.05) is 26.2 Å². The lowest BCUT2D eigenvalue weighted by atomic mass is 10.1. The smallest absolute Gasteiger partial charge is 0.237 e. The van der Waals surface area contributed by atoms with Crippen LogP contribution in [0.3, 0.4) is 0 Å². The van der Waals surface area contributed by atoms with Gasteiger partial charge in [0.1, 0.15) is 11.5 Å². The molecule has 0 spiro atoms. The number of nitrogens with zero attached hydrogens (tertiary/aromatic N) is 2. The Morgan fingerprint density at radius 3 is 2.29 bits per heavy atom. The molecule has 2 rings (SSSR count). The predicted octanol–water partition coefficient (Wildman–Crippen LogP) is 1.51. The first-order valence-electron chi connectivity index (χ1n) is 9.73. The highest BCUT2D eigenvalue weighted by atomic mass is 32.2. The molecule has 1 saturated heterocycles. The van der Waals surface area contributed by atoms with Crippen molar-refractivity contribution in [3.8, 4) is 5.75 Å². The lowest BCUT2D eigenvalue weighted by Gasteiger charge is -2.34. The quantitative estimate of drug-likeness (QED) is 0.576. The fourth-order valence-corrected chi connectivity index (χ4v) is 4.54.